The van der Waals surface area contributed by atoms with Gasteiger partial charge in [0.25, 0.3) is 0 Å². The molecule has 1 aliphatic rings. The molecule has 0 radical (unpaired) electrons. The Balaban J connectivity index is 2.11. The Hall–Kier alpha value is -1.69. The first kappa shape index (κ1) is 12.8. The van der Waals surface area contributed by atoms with E-state index in [1.807, 2.05) is 0 Å². The van der Waals surface area contributed by atoms with Crippen LogP contribution in [-0.2, 0) is 4.74 Å². The van der Waals surface area contributed by atoms with Gasteiger partial charge in [0, 0.05) is 18.3 Å². The molecule has 1 atom stereocenters. The van der Waals surface area contributed by atoms with Crippen molar-refractivity contribution in [1.29, 1.82) is 0 Å². The molecule has 1 aromatic rings. The van der Waals surface area contributed by atoms with Crippen molar-refractivity contribution < 1.29 is 14.3 Å². The maximum absolute atomic E-state index is 11.4. The van der Waals surface area contributed by atoms with Gasteiger partial charge in [-0.25, -0.2) is 9.78 Å². The summed E-state index contributed by atoms with van der Waals surface area (Å²) in [5, 5.41) is 3.26. The molecule has 1 aliphatic heterocycles. The molecular formula is C12H17N3O3. The van der Waals surface area contributed by atoms with Gasteiger partial charge in [-0.1, -0.05) is 0 Å². The molecule has 98 valence electrons. The number of rotatable bonds is 3. The molecule has 6 nitrogen and oxygen atoms in total. The van der Waals surface area contributed by atoms with E-state index < -0.39 is 5.97 Å². The molecule has 1 unspecified atom stereocenters. The van der Waals surface area contributed by atoms with E-state index in [1.54, 1.807) is 13.0 Å². The molecule has 0 bridgehead atoms. The molecule has 0 saturated carbocycles. The average Bonchev–Trinajstić information content (AvgIpc) is 2.38. The van der Waals surface area contributed by atoms with Crippen molar-refractivity contribution in [3.8, 4) is 5.88 Å². The van der Waals surface area contributed by atoms with E-state index in [1.165, 1.54) is 7.11 Å². The first-order chi connectivity index (χ1) is 8.69. The highest BCUT2D eigenvalue weighted by Gasteiger charge is 2.17. The lowest BCUT2D eigenvalue weighted by atomic mass is 10.1. The number of carbonyl (C=O) groups excluding carboxylic acids is 1. The SMILES string of the molecule is COC(=O)c1nc(C)cc(OC2CCCNC2)n1. The number of carbonyl (C=O) groups is 1. The minimum atomic E-state index is -0.551. The van der Waals surface area contributed by atoms with Crippen LogP contribution in [0.15, 0.2) is 6.07 Å². The Morgan fingerprint density at radius 3 is 3.00 bits per heavy atom. The third-order valence-electron chi connectivity index (χ3n) is 2.74. The van der Waals surface area contributed by atoms with E-state index >= 15 is 0 Å². The number of hydrogen-bond donors (Lipinski definition) is 1. The predicted octanol–water partition coefficient (Wildman–Crippen LogP) is 0.702. The number of methoxy groups -OCH3 is 1. The van der Waals surface area contributed by atoms with Gasteiger partial charge in [0.2, 0.25) is 11.7 Å². The molecule has 18 heavy (non-hydrogen) atoms. The van der Waals surface area contributed by atoms with Crippen LogP contribution in [0.2, 0.25) is 0 Å². The van der Waals surface area contributed by atoms with Crippen molar-refractivity contribution in [2.45, 2.75) is 25.9 Å². The van der Waals surface area contributed by atoms with Crippen molar-refractivity contribution in [3.05, 3.63) is 17.6 Å². The maximum atomic E-state index is 11.4. The van der Waals surface area contributed by atoms with Crippen LogP contribution in [0.4, 0.5) is 0 Å². The zero-order valence-electron chi connectivity index (χ0n) is 10.6. The van der Waals surface area contributed by atoms with E-state index in [0.717, 1.165) is 25.9 Å². The Labute approximate surface area is 106 Å². The van der Waals surface area contributed by atoms with Crippen LogP contribution in [-0.4, -0.2) is 42.2 Å². The fourth-order valence-electron chi connectivity index (χ4n) is 1.87. The lowest BCUT2D eigenvalue weighted by Crippen LogP contribution is -2.37. The molecule has 0 aromatic carbocycles. The lowest BCUT2D eigenvalue weighted by molar-refractivity contribution is 0.0583. The van der Waals surface area contributed by atoms with Gasteiger partial charge in [-0.15, -0.1) is 0 Å². The third kappa shape index (κ3) is 3.16. The van der Waals surface area contributed by atoms with E-state index in [0.29, 0.717) is 11.6 Å². The highest BCUT2D eigenvalue weighted by atomic mass is 16.5. The minimum absolute atomic E-state index is 0.0382. The predicted molar refractivity (Wildman–Crippen MR) is 64.6 cm³/mol. The number of esters is 1. The molecule has 1 fully saturated rings. The second kappa shape index (κ2) is 5.77. The normalized spacial score (nSPS) is 19.3. The first-order valence-electron chi connectivity index (χ1n) is 6.00. The molecule has 1 saturated heterocycles. The second-order valence-electron chi connectivity index (χ2n) is 4.25. The van der Waals surface area contributed by atoms with Crippen LogP contribution in [0.25, 0.3) is 0 Å². The van der Waals surface area contributed by atoms with E-state index in [4.69, 9.17) is 4.74 Å². The molecule has 2 rings (SSSR count). The van der Waals surface area contributed by atoms with Crippen LogP contribution < -0.4 is 10.1 Å². The number of aromatic nitrogens is 2. The summed E-state index contributed by atoms with van der Waals surface area (Å²) in [5.74, 6) is -0.0850. The summed E-state index contributed by atoms with van der Waals surface area (Å²) in [6.07, 6.45) is 2.17. The Morgan fingerprint density at radius 1 is 1.50 bits per heavy atom. The van der Waals surface area contributed by atoms with Crippen molar-refractivity contribution in [2.24, 2.45) is 0 Å². The van der Waals surface area contributed by atoms with Gasteiger partial charge >= 0.3 is 5.97 Å². The van der Waals surface area contributed by atoms with Crippen LogP contribution >= 0.6 is 0 Å². The summed E-state index contributed by atoms with van der Waals surface area (Å²) in [5.41, 5.74) is 0.684. The largest absolute Gasteiger partial charge is 0.473 e. The van der Waals surface area contributed by atoms with Crippen molar-refractivity contribution in [1.82, 2.24) is 15.3 Å². The maximum Gasteiger partial charge on any atom is 0.376 e. The molecule has 0 aliphatic carbocycles. The van der Waals surface area contributed by atoms with Crippen molar-refractivity contribution in [2.75, 3.05) is 20.2 Å². The van der Waals surface area contributed by atoms with E-state index in [-0.39, 0.29) is 11.9 Å². The van der Waals surface area contributed by atoms with Crippen molar-refractivity contribution >= 4 is 5.97 Å². The third-order valence-corrected chi connectivity index (χ3v) is 2.74. The van der Waals surface area contributed by atoms with Gasteiger partial charge in [-0.05, 0) is 26.3 Å². The van der Waals surface area contributed by atoms with Gasteiger partial charge in [0.05, 0.1) is 7.11 Å². The standard InChI is InChI=1S/C12H17N3O3/c1-8-6-10(15-11(14-8)12(16)17-2)18-9-4-3-5-13-7-9/h6,9,13H,3-5,7H2,1-2H3. The number of nitrogens with zero attached hydrogens (tertiary/aromatic N) is 2. The van der Waals surface area contributed by atoms with Gasteiger partial charge in [-0.2, -0.15) is 4.98 Å². The number of piperidine rings is 1. The molecule has 0 spiro atoms. The fourth-order valence-corrected chi connectivity index (χ4v) is 1.87. The first-order valence-corrected chi connectivity index (χ1v) is 6.00. The summed E-state index contributed by atoms with van der Waals surface area (Å²) in [6, 6.07) is 1.72. The molecule has 6 heteroatoms. The highest BCUT2D eigenvalue weighted by Crippen LogP contribution is 2.14. The molecule has 1 aromatic heterocycles. The Bertz CT molecular complexity index is 431. The van der Waals surface area contributed by atoms with Crippen molar-refractivity contribution in [3.63, 3.8) is 0 Å². The monoisotopic (exact) mass is 251 g/mol. The quantitative estimate of drug-likeness (QED) is 0.797. The zero-order chi connectivity index (χ0) is 13.0. The molecular weight excluding hydrogens is 234 g/mol. The summed E-state index contributed by atoms with van der Waals surface area (Å²) < 4.78 is 10.4. The van der Waals surface area contributed by atoms with Gasteiger partial charge < -0.3 is 14.8 Å². The average molecular weight is 251 g/mol. The smallest absolute Gasteiger partial charge is 0.376 e. The number of nitrogens with one attached hydrogen (secondary N) is 1. The fraction of sp³-hybridized carbons (Fsp3) is 0.583. The van der Waals surface area contributed by atoms with Gasteiger partial charge in [0.1, 0.15) is 6.10 Å². The molecule has 1 N–H and O–H groups in total. The Morgan fingerprint density at radius 2 is 2.33 bits per heavy atom. The number of hydrogen-bond acceptors (Lipinski definition) is 6. The van der Waals surface area contributed by atoms with Crippen LogP contribution in [0, 0.1) is 6.92 Å². The molecule has 2 heterocycles. The lowest BCUT2D eigenvalue weighted by Gasteiger charge is -2.23. The topological polar surface area (TPSA) is 73.3 Å². The highest BCUT2D eigenvalue weighted by molar-refractivity contribution is 5.85. The van der Waals surface area contributed by atoms with Crippen LogP contribution in [0.3, 0.4) is 0 Å². The summed E-state index contributed by atoms with van der Waals surface area (Å²) in [4.78, 5) is 19.5. The molecule has 0 amide bonds. The van der Waals surface area contributed by atoms with Gasteiger partial charge in [-0.3, -0.25) is 0 Å². The summed E-state index contributed by atoms with van der Waals surface area (Å²) in [6.45, 7) is 3.62. The Kier molecular flexibility index (Phi) is 4.09. The summed E-state index contributed by atoms with van der Waals surface area (Å²) in [7, 11) is 1.31. The number of ether oxygens (including phenoxy) is 2. The van der Waals surface area contributed by atoms with E-state index in [2.05, 4.69) is 20.0 Å². The second-order valence-corrected chi connectivity index (χ2v) is 4.25. The minimum Gasteiger partial charge on any atom is -0.473 e. The van der Waals surface area contributed by atoms with E-state index in [9.17, 15) is 4.79 Å². The van der Waals surface area contributed by atoms with Crippen LogP contribution in [0.5, 0.6) is 5.88 Å². The summed E-state index contributed by atoms with van der Waals surface area (Å²) >= 11 is 0. The van der Waals surface area contributed by atoms with Gasteiger partial charge in [0.15, 0.2) is 0 Å². The zero-order valence-corrected chi connectivity index (χ0v) is 10.6. The van der Waals surface area contributed by atoms with Crippen LogP contribution in [0.1, 0.15) is 29.2 Å². The number of aryl methyl sites for hydroxylation is 1.